The van der Waals surface area contributed by atoms with Gasteiger partial charge in [0.2, 0.25) is 5.91 Å². The first-order valence-corrected chi connectivity index (χ1v) is 6.46. The minimum atomic E-state index is -0.407. The molecule has 0 unspecified atom stereocenters. The number of amides is 1. The number of aromatic amines is 2. The van der Waals surface area contributed by atoms with E-state index in [4.69, 9.17) is 4.74 Å². The van der Waals surface area contributed by atoms with Crippen molar-refractivity contribution < 1.29 is 14.6 Å². The maximum absolute atomic E-state index is 11.7. The minimum Gasteiger partial charge on any atom is -0.504 e. The van der Waals surface area contributed by atoms with Gasteiger partial charge in [-0.25, -0.2) is 5.43 Å². The molecule has 22 heavy (non-hydrogen) atoms. The van der Waals surface area contributed by atoms with Crippen molar-refractivity contribution in [2.75, 3.05) is 7.11 Å². The number of hydrazone groups is 1. The molecule has 8 heteroatoms. The summed E-state index contributed by atoms with van der Waals surface area (Å²) in [6.45, 7) is 1.70. The Labute approximate surface area is 125 Å². The molecule has 0 atom stereocenters. The summed E-state index contributed by atoms with van der Waals surface area (Å²) in [7, 11) is 1.44. The molecule has 0 bridgehead atoms. The summed E-state index contributed by atoms with van der Waals surface area (Å²) in [5, 5.41) is 18.3. The van der Waals surface area contributed by atoms with Gasteiger partial charge in [-0.05, 0) is 30.7 Å². The molecular weight excluding hydrogens is 288 g/mol. The molecule has 0 radical (unpaired) electrons. The van der Waals surface area contributed by atoms with Gasteiger partial charge >= 0.3 is 0 Å². The van der Waals surface area contributed by atoms with Crippen LogP contribution in [0.2, 0.25) is 0 Å². The molecule has 0 fully saturated rings. The first-order chi connectivity index (χ1) is 10.5. The number of hydrogen-bond donors (Lipinski definition) is 4. The molecule has 4 N–H and O–H groups in total. The Morgan fingerprint density at radius 3 is 2.86 bits per heavy atom. The van der Waals surface area contributed by atoms with E-state index in [0.29, 0.717) is 22.6 Å². The lowest BCUT2D eigenvalue weighted by Crippen LogP contribution is -2.23. The SMILES string of the molecule is COc1cc(/C=N/NC(=O)Cc2c(C)[nH][nH]c2=O)ccc1O. The van der Waals surface area contributed by atoms with Crippen LogP contribution in [-0.2, 0) is 11.2 Å². The topological polar surface area (TPSA) is 120 Å². The number of nitrogens with one attached hydrogen (secondary N) is 3. The molecule has 0 aliphatic heterocycles. The number of hydrogen-bond acceptors (Lipinski definition) is 5. The third-order valence-corrected chi connectivity index (χ3v) is 3.03. The fourth-order valence-electron chi connectivity index (χ4n) is 1.84. The zero-order chi connectivity index (χ0) is 16.1. The van der Waals surface area contributed by atoms with E-state index in [1.807, 2.05) is 0 Å². The molecule has 2 rings (SSSR count). The van der Waals surface area contributed by atoms with Crippen molar-refractivity contribution in [3.63, 3.8) is 0 Å². The molecule has 0 aliphatic rings. The molecule has 1 aromatic heterocycles. The van der Waals surface area contributed by atoms with Crippen molar-refractivity contribution in [1.82, 2.24) is 15.6 Å². The second-order valence-corrected chi connectivity index (χ2v) is 4.58. The lowest BCUT2D eigenvalue weighted by molar-refractivity contribution is -0.120. The number of benzene rings is 1. The van der Waals surface area contributed by atoms with Crippen molar-refractivity contribution in [2.45, 2.75) is 13.3 Å². The van der Waals surface area contributed by atoms with E-state index in [2.05, 4.69) is 20.7 Å². The molecule has 1 heterocycles. The van der Waals surface area contributed by atoms with E-state index in [-0.39, 0.29) is 17.7 Å². The predicted octanol–water partition coefficient (Wildman–Crippen LogP) is 0.418. The standard InChI is InChI=1S/C14H16N4O4/c1-8-10(14(21)18-16-8)6-13(20)17-15-7-9-3-4-11(19)12(5-9)22-2/h3-5,7,19H,6H2,1-2H3,(H,17,20)(H2,16,18,21)/b15-7+. The van der Waals surface area contributed by atoms with E-state index >= 15 is 0 Å². The molecule has 116 valence electrons. The van der Waals surface area contributed by atoms with Gasteiger partial charge in [0.15, 0.2) is 11.5 Å². The number of aryl methyl sites for hydroxylation is 1. The molecule has 0 saturated carbocycles. The Balaban J connectivity index is 1.97. The van der Waals surface area contributed by atoms with E-state index in [1.54, 1.807) is 19.1 Å². The Bertz CT molecular complexity index is 760. The first kappa shape index (κ1) is 15.4. The van der Waals surface area contributed by atoms with Gasteiger partial charge in [-0.2, -0.15) is 5.10 Å². The summed E-state index contributed by atoms with van der Waals surface area (Å²) in [5.74, 6) is -0.0780. The van der Waals surface area contributed by atoms with Crippen LogP contribution >= 0.6 is 0 Å². The smallest absolute Gasteiger partial charge is 0.267 e. The highest BCUT2D eigenvalue weighted by Crippen LogP contribution is 2.25. The van der Waals surface area contributed by atoms with Gasteiger partial charge in [-0.1, -0.05) is 0 Å². The number of carbonyl (C=O) groups excluding carboxylic acids is 1. The highest BCUT2D eigenvalue weighted by Gasteiger charge is 2.10. The molecule has 0 spiro atoms. The van der Waals surface area contributed by atoms with E-state index in [0.717, 1.165) is 0 Å². The van der Waals surface area contributed by atoms with Gasteiger partial charge in [0.05, 0.1) is 19.7 Å². The van der Waals surface area contributed by atoms with Crippen LogP contribution < -0.4 is 15.7 Å². The number of aromatic nitrogens is 2. The minimum absolute atomic E-state index is 0.0193. The number of aromatic hydroxyl groups is 1. The predicted molar refractivity (Wildman–Crippen MR) is 80.2 cm³/mol. The normalized spacial score (nSPS) is 10.8. The number of methoxy groups -OCH3 is 1. The summed E-state index contributed by atoms with van der Waals surface area (Å²) in [5.41, 5.74) is 3.65. The summed E-state index contributed by atoms with van der Waals surface area (Å²) in [4.78, 5) is 23.2. The zero-order valence-electron chi connectivity index (χ0n) is 12.1. The van der Waals surface area contributed by atoms with Crippen molar-refractivity contribution >= 4 is 12.1 Å². The largest absolute Gasteiger partial charge is 0.504 e. The van der Waals surface area contributed by atoms with Crippen LogP contribution in [0.3, 0.4) is 0 Å². The van der Waals surface area contributed by atoms with Gasteiger partial charge in [-0.15, -0.1) is 0 Å². The van der Waals surface area contributed by atoms with Gasteiger partial charge < -0.3 is 14.9 Å². The van der Waals surface area contributed by atoms with Crippen LogP contribution in [0.1, 0.15) is 16.8 Å². The molecule has 2 aromatic rings. The number of rotatable bonds is 5. The van der Waals surface area contributed by atoms with Crippen LogP contribution in [0.15, 0.2) is 28.1 Å². The van der Waals surface area contributed by atoms with E-state index in [9.17, 15) is 14.7 Å². The monoisotopic (exact) mass is 304 g/mol. The third kappa shape index (κ3) is 3.54. The average molecular weight is 304 g/mol. The van der Waals surface area contributed by atoms with Crippen molar-refractivity contribution in [1.29, 1.82) is 0 Å². The van der Waals surface area contributed by atoms with Crippen LogP contribution in [0.5, 0.6) is 11.5 Å². The average Bonchev–Trinajstić information content (AvgIpc) is 2.81. The Kier molecular flexibility index (Phi) is 4.62. The Hall–Kier alpha value is -3.03. The highest BCUT2D eigenvalue weighted by molar-refractivity contribution is 5.84. The fourth-order valence-corrected chi connectivity index (χ4v) is 1.84. The Morgan fingerprint density at radius 2 is 2.23 bits per heavy atom. The first-order valence-electron chi connectivity index (χ1n) is 6.46. The number of phenols is 1. The lowest BCUT2D eigenvalue weighted by atomic mass is 10.2. The number of nitrogens with zero attached hydrogens (tertiary/aromatic N) is 1. The molecule has 1 aromatic carbocycles. The molecule has 8 nitrogen and oxygen atoms in total. The van der Waals surface area contributed by atoms with Crippen molar-refractivity contribution in [2.24, 2.45) is 5.10 Å². The van der Waals surface area contributed by atoms with Crippen LogP contribution in [-0.4, -0.2) is 34.5 Å². The number of ether oxygens (including phenoxy) is 1. The number of H-pyrrole nitrogens is 2. The maximum atomic E-state index is 11.7. The van der Waals surface area contributed by atoms with Gasteiger partial charge in [-0.3, -0.25) is 14.7 Å². The van der Waals surface area contributed by atoms with Crippen molar-refractivity contribution in [3.8, 4) is 11.5 Å². The molecule has 0 saturated heterocycles. The molecular formula is C14H16N4O4. The summed E-state index contributed by atoms with van der Waals surface area (Å²) in [6.07, 6.45) is 1.34. The summed E-state index contributed by atoms with van der Waals surface area (Å²) >= 11 is 0. The number of carbonyl (C=O) groups is 1. The van der Waals surface area contributed by atoms with Crippen LogP contribution in [0, 0.1) is 6.92 Å². The van der Waals surface area contributed by atoms with Crippen molar-refractivity contribution in [3.05, 3.63) is 45.4 Å². The lowest BCUT2D eigenvalue weighted by Gasteiger charge is -2.03. The zero-order valence-corrected chi connectivity index (χ0v) is 12.1. The number of phenolic OH excluding ortho intramolecular Hbond substituents is 1. The molecule has 1 amide bonds. The summed E-state index contributed by atoms with van der Waals surface area (Å²) in [6, 6.07) is 4.66. The van der Waals surface area contributed by atoms with Gasteiger partial charge in [0, 0.05) is 11.3 Å². The van der Waals surface area contributed by atoms with E-state index in [1.165, 1.54) is 19.4 Å². The fraction of sp³-hybridized carbons (Fsp3) is 0.214. The van der Waals surface area contributed by atoms with Crippen LogP contribution in [0.25, 0.3) is 0 Å². The highest BCUT2D eigenvalue weighted by atomic mass is 16.5. The molecule has 0 aliphatic carbocycles. The third-order valence-electron chi connectivity index (χ3n) is 3.03. The maximum Gasteiger partial charge on any atom is 0.267 e. The Morgan fingerprint density at radius 1 is 1.45 bits per heavy atom. The summed E-state index contributed by atoms with van der Waals surface area (Å²) < 4.78 is 4.97. The quantitative estimate of drug-likeness (QED) is 0.472. The van der Waals surface area contributed by atoms with Crippen LogP contribution in [0.4, 0.5) is 0 Å². The van der Waals surface area contributed by atoms with Gasteiger partial charge in [0.25, 0.3) is 5.56 Å². The second kappa shape index (κ2) is 6.61. The van der Waals surface area contributed by atoms with Gasteiger partial charge in [0.1, 0.15) is 0 Å². The second-order valence-electron chi connectivity index (χ2n) is 4.58. The van der Waals surface area contributed by atoms with E-state index < -0.39 is 5.91 Å².